The first-order valence-corrected chi connectivity index (χ1v) is 12.4. The van der Waals surface area contributed by atoms with E-state index in [0.717, 1.165) is 24.8 Å². The fourth-order valence-electron chi connectivity index (χ4n) is 5.29. The number of rotatable bonds is 5. The lowest BCUT2D eigenvalue weighted by Crippen LogP contribution is -2.44. The summed E-state index contributed by atoms with van der Waals surface area (Å²) in [6, 6.07) is 13.0. The summed E-state index contributed by atoms with van der Waals surface area (Å²) in [4.78, 5) is 19.2. The summed E-state index contributed by atoms with van der Waals surface area (Å²) in [5.41, 5.74) is -0.149. The second kappa shape index (κ2) is 9.29. The fourth-order valence-corrected chi connectivity index (χ4v) is 5.52. The zero-order valence-electron chi connectivity index (χ0n) is 18.6. The first kappa shape index (κ1) is 23.3. The van der Waals surface area contributed by atoms with Crippen LogP contribution < -0.4 is 0 Å². The van der Waals surface area contributed by atoms with Gasteiger partial charge in [0.15, 0.2) is 5.72 Å². The minimum absolute atomic E-state index is 0.0127. The highest BCUT2D eigenvalue weighted by Crippen LogP contribution is 2.45. The van der Waals surface area contributed by atoms with E-state index in [4.69, 9.17) is 23.2 Å². The maximum Gasteiger partial charge on any atom is 0.257 e. The van der Waals surface area contributed by atoms with Gasteiger partial charge in [0.1, 0.15) is 5.82 Å². The van der Waals surface area contributed by atoms with Gasteiger partial charge in [-0.15, -0.1) is 0 Å². The average molecular weight is 499 g/mol. The highest BCUT2D eigenvalue weighted by Gasteiger charge is 2.52. The monoisotopic (exact) mass is 498 g/mol. The molecule has 34 heavy (non-hydrogen) atoms. The summed E-state index contributed by atoms with van der Waals surface area (Å²) in [5, 5.41) is 13.0. The molecule has 176 valence electrons. The highest BCUT2D eigenvalue weighted by molar-refractivity contribution is 6.30. The van der Waals surface area contributed by atoms with Crippen molar-refractivity contribution in [2.75, 3.05) is 0 Å². The lowest BCUT2D eigenvalue weighted by atomic mass is 9.84. The van der Waals surface area contributed by atoms with E-state index in [-0.39, 0.29) is 17.7 Å². The van der Waals surface area contributed by atoms with Crippen molar-refractivity contribution in [2.45, 2.75) is 50.8 Å². The molecule has 1 aliphatic heterocycles. The molecule has 2 aliphatic rings. The molecule has 5 rings (SSSR count). The third-order valence-corrected chi connectivity index (χ3v) is 7.45. The number of halogens is 3. The summed E-state index contributed by atoms with van der Waals surface area (Å²) < 4.78 is 15.7. The van der Waals surface area contributed by atoms with E-state index in [1.165, 1.54) is 36.4 Å². The van der Waals surface area contributed by atoms with Gasteiger partial charge in [0.05, 0.1) is 28.4 Å². The van der Waals surface area contributed by atoms with Crippen LogP contribution in [0.5, 0.6) is 0 Å². The van der Waals surface area contributed by atoms with Crippen LogP contribution in [0.25, 0.3) is 0 Å². The van der Waals surface area contributed by atoms with Crippen LogP contribution in [-0.2, 0) is 18.7 Å². The number of carbonyl (C=O) groups is 1. The molecule has 4 nitrogen and oxygen atoms in total. The van der Waals surface area contributed by atoms with E-state index in [1.54, 1.807) is 42.5 Å². The third kappa shape index (κ3) is 4.21. The van der Waals surface area contributed by atoms with Gasteiger partial charge < -0.3 is 5.11 Å². The maximum atomic E-state index is 15.7. The standard InChI is InChI=1S/C27H25Cl2FN2O2/c28-20-8-6-19(7-9-20)27(34)25-23(26(33)32(27)16-22-11-10-21(29)15-31-22)13-18(14-24(25)30)12-17-4-2-1-3-5-17/h6-11,13-15,17,34H,1-5,12,16H2. The van der Waals surface area contributed by atoms with Crippen molar-refractivity contribution >= 4 is 29.1 Å². The number of pyridine rings is 1. The van der Waals surface area contributed by atoms with Gasteiger partial charge in [-0.1, -0.05) is 67.4 Å². The summed E-state index contributed by atoms with van der Waals surface area (Å²) in [7, 11) is 0. The van der Waals surface area contributed by atoms with Crippen molar-refractivity contribution in [3.05, 3.63) is 98.5 Å². The smallest absolute Gasteiger partial charge is 0.257 e. The predicted octanol–water partition coefficient (Wildman–Crippen LogP) is 6.50. The number of nitrogens with zero attached hydrogens (tertiary/aromatic N) is 2. The molecule has 0 bridgehead atoms. The number of hydrogen-bond acceptors (Lipinski definition) is 3. The number of hydrogen-bond donors (Lipinski definition) is 1. The molecule has 0 radical (unpaired) electrons. The largest absolute Gasteiger partial charge is 0.363 e. The van der Waals surface area contributed by atoms with Gasteiger partial charge >= 0.3 is 0 Å². The van der Waals surface area contributed by atoms with E-state index in [2.05, 4.69) is 4.98 Å². The van der Waals surface area contributed by atoms with Crippen molar-refractivity contribution in [3.8, 4) is 0 Å². The van der Waals surface area contributed by atoms with Crippen LogP contribution in [0.1, 0.15) is 64.8 Å². The number of aliphatic hydroxyl groups is 1. The minimum Gasteiger partial charge on any atom is -0.363 e. The molecular formula is C27H25Cl2FN2O2. The van der Waals surface area contributed by atoms with Gasteiger partial charge in [-0.2, -0.15) is 0 Å². The Kier molecular flexibility index (Phi) is 6.36. The second-order valence-corrected chi connectivity index (χ2v) is 10.1. The van der Waals surface area contributed by atoms with Crippen LogP contribution in [0.2, 0.25) is 10.0 Å². The average Bonchev–Trinajstić information content (AvgIpc) is 3.04. The van der Waals surface area contributed by atoms with Gasteiger partial charge in [-0.05, 0) is 54.3 Å². The zero-order valence-corrected chi connectivity index (χ0v) is 20.1. The van der Waals surface area contributed by atoms with Crippen molar-refractivity contribution < 1.29 is 14.3 Å². The summed E-state index contributed by atoms with van der Waals surface area (Å²) >= 11 is 12.0. The first-order chi connectivity index (χ1) is 16.4. The second-order valence-electron chi connectivity index (χ2n) is 9.25. The minimum atomic E-state index is -1.99. The van der Waals surface area contributed by atoms with E-state index < -0.39 is 17.4 Å². The highest BCUT2D eigenvalue weighted by atomic mass is 35.5. The maximum absolute atomic E-state index is 15.7. The van der Waals surface area contributed by atoms with Gasteiger partial charge in [0, 0.05) is 16.8 Å². The Labute approximate surface area is 208 Å². The molecule has 2 aromatic carbocycles. The topological polar surface area (TPSA) is 53.4 Å². The Bertz CT molecular complexity index is 1210. The lowest BCUT2D eigenvalue weighted by molar-refractivity contribution is -0.0567. The van der Waals surface area contributed by atoms with E-state index in [9.17, 15) is 9.90 Å². The predicted molar refractivity (Wildman–Crippen MR) is 130 cm³/mol. The van der Waals surface area contributed by atoms with E-state index in [1.807, 2.05) is 0 Å². The van der Waals surface area contributed by atoms with Crippen LogP contribution in [0.15, 0.2) is 54.7 Å². The van der Waals surface area contributed by atoms with Crippen LogP contribution in [0, 0.1) is 11.7 Å². The summed E-state index contributed by atoms with van der Waals surface area (Å²) in [6.45, 7) is -0.0127. The third-order valence-electron chi connectivity index (χ3n) is 6.97. The molecule has 1 atom stereocenters. The van der Waals surface area contributed by atoms with E-state index in [0.29, 0.717) is 27.2 Å². The van der Waals surface area contributed by atoms with Gasteiger partial charge in [0.25, 0.3) is 5.91 Å². The van der Waals surface area contributed by atoms with Crippen LogP contribution in [0.4, 0.5) is 4.39 Å². The molecule has 1 saturated carbocycles. The number of aromatic nitrogens is 1. The molecule has 1 aliphatic carbocycles. The van der Waals surface area contributed by atoms with Crippen molar-refractivity contribution in [3.63, 3.8) is 0 Å². The molecule has 2 heterocycles. The SMILES string of the molecule is O=C1c2cc(CC3CCCCC3)cc(F)c2C(O)(c2ccc(Cl)cc2)N1Cc1ccc(Cl)cn1. The fraction of sp³-hybridized carbons (Fsp3) is 0.333. The molecule has 0 saturated heterocycles. The molecule has 3 aromatic rings. The Hall–Kier alpha value is -2.47. The van der Waals surface area contributed by atoms with Crippen molar-refractivity contribution in [1.82, 2.24) is 9.88 Å². The molecule has 0 spiro atoms. The Morgan fingerprint density at radius 3 is 2.41 bits per heavy atom. The zero-order chi connectivity index (χ0) is 23.9. The molecule has 1 aromatic heterocycles. The first-order valence-electron chi connectivity index (χ1n) is 11.6. The Balaban J connectivity index is 1.59. The summed E-state index contributed by atoms with van der Waals surface area (Å²) in [6.07, 6.45) is 8.08. The van der Waals surface area contributed by atoms with Crippen LogP contribution in [0.3, 0.4) is 0 Å². The van der Waals surface area contributed by atoms with Crippen molar-refractivity contribution in [2.24, 2.45) is 5.92 Å². The Morgan fingerprint density at radius 1 is 1.03 bits per heavy atom. The van der Waals surface area contributed by atoms with Gasteiger partial charge in [0.2, 0.25) is 0 Å². The molecule has 1 N–H and O–H groups in total. The molecular weight excluding hydrogens is 474 g/mol. The lowest BCUT2D eigenvalue weighted by Gasteiger charge is -2.34. The van der Waals surface area contributed by atoms with Gasteiger partial charge in [-0.3, -0.25) is 14.7 Å². The van der Waals surface area contributed by atoms with Gasteiger partial charge in [-0.25, -0.2) is 4.39 Å². The quantitative estimate of drug-likeness (QED) is 0.436. The number of amides is 1. The molecule has 1 amide bonds. The summed E-state index contributed by atoms with van der Waals surface area (Å²) in [5.74, 6) is -0.526. The van der Waals surface area contributed by atoms with E-state index >= 15 is 4.39 Å². The number of benzene rings is 2. The number of fused-ring (bicyclic) bond motifs is 1. The molecule has 7 heteroatoms. The normalized spacial score (nSPS) is 20.6. The van der Waals surface area contributed by atoms with Crippen LogP contribution in [-0.4, -0.2) is 20.9 Å². The number of carbonyl (C=O) groups excluding carboxylic acids is 1. The van der Waals surface area contributed by atoms with Crippen LogP contribution >= 0.6 is 23.2 Å². The van der Waals surface area contributed by atoms with Crippen molar-refractivity contribution in [1.29, 1.82) is 0 Å². The Morgan fingerprint density at radius 2 is 1.74 bits per heavy atom. The molecule has 1 unspecified atom stereocenters. The molecule has 1 fully saturated rings.